The predicted octanol–water partition coefficient (Wildman–Crippen LogP) is 4.70. The third-order valence-corrected chi connectivity index (χ3v) is 6.00. The third kappa shape index (κ3) is 4.50. The lowest BCUT2D eigenvalue weighted by Gasteiger charge is -2.09. The summed E-state index contributed by atoms with van der Waals surface area (Å²) in [5.41, 5.74) is 12.4. The third-order valence-electron chi connectivity index (χ3n) is 6.00. The number of hydrogen-bond donors (Lipinski definition) is 2. The van der Waals surface area contributed by atoms with Crippen LogP contribution < -0.4 is 11.1 Å². The summed E-state index contributed by atoms with van der Waals surface area (Å²) in [6.07, 6.45) is 1.57. The SMILES string of the molecule is COC(=O)c1ccc(C=Nn2c(N)c(C(=O)Nc3cc(C)ccc3C)c3nc4ccccc4nc32)cc1. The fourth-order valence-electron chi connectivity index (χ4n) is 3.99. The minimum absolute atomic E-state index is 0.107. The van der Waals surface area contributed by atoms with Gasteiger partial charge in [-0.2, -0.15) is 9.78 Å². The zero-order valence-corrected chi connectivity index (χ0v) is 20.5. The molecule has 2 heterocycles. The number of nitrogen functional groups attached to an aromatic ring is 1. The van der Waals surface area contributed by atoms with Gasteiger partial charge in [-0.3, -0.25) is 4.79 Å². The van der Waals surface area contributed by atoms with Crippen molar-refractivity contribution in [2.24, 2.45) is 5.10 Å². The molecule has 37 heavy (non-hydrogen) atoms. The Labute approximate surface area is 212 Å². The average molecular weight is 493 g/mol. The Morgan fingerprint density at radius 3 is 2.41 bits per heavy atom. The van der Waals surface area contributed by atoms with Gasteiger partial charge in [0.25, 0.3) is 5.91 Å². The highest BCUT2D eigenvalue weighted by atomic mass is 16.5. The van der Waals surface area contributed by atoms with E-state index in [0.717, 1.165) is 11.1 Å². The lowest BCUT2D eigenvalue weighted by atomic mass is 10.1. The standard InChI is InChI=1S/C28H24N6O3/c1-16-8-9-17(2)22(14-16)33-27(35)23-24-26(32-21-7-5-4-6-20(21)31-24)34(25(23)29)30-15-18-10-12-19(13-11-18)28(36)37-3/h4-15H,29H2,1-3H3,(H,33,35). The number of para-hydroxylation sites is 2. The Morgan fingerprint density at radius 2 is 1.70 bits per heavy atom. The first-order valence-electron chi connectivity index (χ1n) is 11.5. The molecular formula is C28H24N6O3. The summed E-state index contributed by atoms with van der Waals surface area (Å²) >= 11 is 0. The summed E-state index contributed by atoms with van der Waals surface area (Å²) in [5, 5.41) is 7.48. The van der Waals surface area contributed by atoms with E-state index >= 15 is 0 Å². The van der Waals surface area contributed by atoms with Gasteiger partial charge in [-0.15, -0.1) is 0 Å². The average Bonchev–Trinajstić information content (AvgIpc) is 3.17. The number of ether oxygens (including phenoxy) is 1. The summed E-state index contributed by atoms with van der Waals surface area (Å²) in [6, 6.07) is 19.9. The number of hydrogen-bond acceptors (Lipinski definition) is 7. The largest absolute Gasteiger partial charge is 0.465 e. The van der Waals surface area contributed by atoms with E-state index in [2.05, 4.69) is 10.4 Å². The fraction of sp³-hybridized carbons (Fsp3) is 0.107. The molecule has 0 aliphatic rings. The lowest BCUT2D eigenvalue weighted by Crippen LogP contribution is -2.15. The number of rotatable bonds is 5. The lowest BCUT2D eigenvalue weighted by molar-refractivity contribution is 0.0600. The number of nitrogens with one attached hydrogen (secondary N) is 1. The van der Waals surface area contributed by atoms with Crippen LogP contribution in [0.4, 0.5) is 11.5 Å². The molecule has 1 amide bonds. The molecule has 5 aromatic rings. The molecular weight excluding hydrogens is 468 g/mol. The van der Waals surface area contributed by atoms with Crippen molar-refractivity contribution >= 4 is 51.8 Å². The van der Waals surface area contributed by atoms with Gasteiger partial charge in [0.2, 0.25) is 0 Å². The van der Waals surface area contributed by atoms with Crippen molar-refractivity contribution < 1.29 is 14.3 Å². The van der Waals surface area contributed by atoms with Gasteiger partial charge < -0.3 is 15.8 Å². The zero-order valence-electron chi connectivity index (χ0n) is 20.5. The topological polar surface area (TPSA) is 124 Å². The number of methoxy groups -OCH3 is 1. The van der Waals surface area contributed by atoms with Gasteiger partial charge in [-0.05, 0) is 60.9 Å². The molecule has 5 rings (SSSR count). The maximum atomic E-state index is 13.5. The van der Waals surface area contributed by atoms with Crippen LogP contribution in [0, 0.1) is 13.8 Å². The van der Waals surface area contributed by atoms with Gasteiger partial charge in [-0.25, -0.2) is 14.8 Å². The second-order valence-electron chi connectivity index (χ2n) is 8.59. The summed E-state index contributed by atoms with van der Waals surface area (Å²) in [6.45, 7) is 3.88. The van der Waals surface area contributed by atoms with E-state index in [1.807, 2.05) is 56.3 Å². The molecule has 0 atom stereocenters. The van der Waals surface area contributed by atoms with Gasteiger partial charge in [0.05, 0.1) is 29.9 Å². The molecule has 0 bridgehead atoms. The van der Waals surface area contributed by atoms with Crippen LogP contribution in [0.3, 0.4) is 0 Å². The van der Waals surface area contributed by atoms with Gasteiger partial charge in [-0.1, -0.05) is 36.4 Å². The number of aromatic nitrogens is 3. The molecule has 3 aromatic carbocycles. The Morgan fingerprint density at radius 1 is 1.00 bits per heavy atom. The van der Waals surface area contributed by atoms with E-state index in [1.165, 1.54) is 11.8 Å². The molecule has 9 heteroatoms. The number of carbonyl (C=O) groups is 2. The fourth-order valence-corrected chi connectivity index (χ4v) is 3.99. The first-order chi connectivity index (χ1) is 17.9. The molecule has 0 aliphatic heterocycles. The van der Waals surface area contributed by atoms with Crippen LogP contribution in [0.15, 0.2) is 71.8 Å². The van der Waals surface area contributed by atoms with E-state index in [0.29, 0.717) is 39.0 Å². The van der Waals surface area contributed by atoms with Crippen molar-refractivity contribution in [1.29, 1.82) is 0 Å². The maximum Gasteiger partial charge on any atom is 0.337 e. The Kier molecular flexibility index (Phi) is 6.10. The Hall–Kier alpha value is -5.05. The van der Waals surface area contributed by atoms with E-state index in [-0.39, 0.29) is 11.4 Å². The molecule has 0 aliphatic carbocycles. The van der Waals surface area contributed by atoms with Crippen LogP contribution in [0.2, 0.25) is 0 Å². The smallest absolute Gasteiger partial charge is 0.337 e. The van der Waals surface area contributed by atoms with Crippen LogP contribution in [-0.2, 0) is 4.74 Å². The quantitative estimate of drug-likeness (QED) is 0.271. The number of benzene rings is 3. The number of fused-ring (bicyclic) bond motifs is 2. The van der Waals surface area contributed by atoms with Gasteiger partial charge in [0.1, 0.15) is 16.9 Å². The van der Waals surface area contributed by atoms with Crippen molar-refractivity contribution in [2.45, 2.75) is 13.8 Å². The monoisotopic (exact) mass is 492 g/mol. The van der Waals surface area contributed by atoms with Crippen LogP contribution in [0.5, 0.6) is 0 Å². The highest BCUT2D eigenvalue weighted by Gasteiger charge is 2.24. The van der Waals surface area contributed by atoms with E-state index in [9.17, 15) is 9.59 Å². The second-order valence-corrected chi connectivity index (χ2v) is 8.59. The normalized spacial score (nSPS) is 11.3. The predicted molar refractivity (Wildman–Crippen MR) is 144 cm³/mol. The molecule has 0 fully saturated rings. The van der Waals surface area contributed by atoms with Crippen LogP contribution in [0.1, 0.15) is 37.4 Å². The molecule has 184 valence electrons. The molecule has 2 aromatic heterocycles. The van der Waals surface area contributed by atoms with Gasteiger partial charge in [0.15, 0.2) is 5.65 Å². The zero-order chi connectivity index (χ0) is 26.1. The highest BCUT2D eigenvalue weighted by Crippen LogP contribution is 2.29. The minimum atomic E-state index is -0.425. The van der Waals surface area contributed by atoms with Crippen molar-refractivity contribution in [2.75, 3.05) is 18.2 Å². The highest BCUT2D eigenvalue weighted by molar-refractivity contribution is 6.16. The number of nitrogens with zero attached hydrogens (tertiary/aromatic N) is 4. The molecule has 0 spiro atoms. The van der Waals surface area contributed by atoms with Crippen LogP contribution in [0.25, 0.3) is 22.2 Å². The first-order valence-corrected chi connectivity index (χ1v) is 11.5. The summed E-state index contributed by atoms with van der Waals surface area (Å²) in [5.74, 6) is -0.724. The number of aryl methyl sites for hydroxylation is 2. The van der Waals surface area contributed by atoms with Crippen LogP contribution >= 0.6 is 0 Å². The molecule has 0 unspecified atom stereocenters. The van der Waals surface area contributed by atoms with Crippen molar-refractivity contribution in [1.82, 2.24) is 14.6 Å². The maximum absolute atomic E-state index is 13.5. The number of amides is 1. The number of anilines is 2. The number of carbonyl (C=O) groups excluding carboxylic acids is 2. The second kappa shape index (κ2) is 9.54. The number of esters is 1. The number of nitrogens with two attached hydrogens (primary N) is 1. The van der Waals surface area contributed by atoms with Gasteiger partial charge >= 0.3 is 5.97 Å². The molecule has 3 N–H and O–H groups in total. The van der Waals surface area contributed by atoms with Crippen molar-refractivity contribution in [3.05, 3.63) is 94.5 Å². The van der Waals surface area contributed by atoms with E-state index in [1.54, 1.807) is 30.5 Å². The minimum Gasteiger partial charge on any atom is -0.465 e. The van der Waals surface area contributed by atoms with Crippen molar-refractivity contribution in [3.63, 3.8) is 0 Å². The summed E-state index contributed by atoms with van der Waals surface area (Å²) in [7, 11) is 1.33. The van der Waals surface area contributed by atoms with E-state index in [4.69, 9.17) is 20.4 Å². The first kappa shape index (κ1) is 23.7. The molecule has 0 radical (unpaired) electrons. The molecule has 0 saturated heterocycles. The van der Waals surface area contributed by atoms with Gasteiger partial charge in [0, 0.05) is 5.69 Å². The summed E-state index contributed by atoms with van der Waals surface area (Å²) in [4.78, 5) is 34.6. The van der Waals surface area contributed by atoms with Crippen LogP contribution in [-0.4, -0.2) is 39.8 Å². The van der Waals surface area contributed by atoms with Crippen molar-refractivity contribution in [3.8, 4) is 0 Å². The molecule has 0 saturated carbocycles. The Balaban J connectivity index is 1.61. The Bertz CT molecular complexity index is 1700. The summed E-state index contributed by atoms with van der Waals surface area (Å²) < 4.78 is 6.14. The molecule has 9 nitrogen and oxygen atoms in total. The van der Waals surface area contributed by atoms with E-state index < -0.39 is 11.9 Å².